The van der Waals surface area contributed by atoms with E-state index in [1.54, 1.807) is 6.92 Å². The molecule has 0 aliphatic carbocycles. The molecule has 1 aromatic rings. The Kier molecular flexibility index (Phi) is 3.98. The summed E-state index contributed by atoms with van der Waals surface area (Å²) in [6.07, 6.45) is -3.70. The summed E-state index contributed by atoms with van der Waals surface area (Å²) >= 11 is 5.65. The maximum absolute atomic E-state index is 12.3. The molecule has 0 saturated heterocycles. The Labute approximate surface area is 95.8 Å². The SMILES string of the molecule is CC(N)CNc1ncc(C(F)(F)F)cc1Cl. The van der Waals surface area contributed by atoms with Crippen LogP contribution >= 0.6 is 11.6 Å². The molecular formula is C9H11ClF3N3. The summed E-state index contributed by atoms with van der Waals surface area (Å²) in [5.41, 5.74) is 4.60. The molecule has 3 N–H and O–H groups in total. The van der Waals surface area contributed by atoms with Crippen molar-refractivity contribution in [3.8, 4) is 0 Å². The van der Waals surface area contributed by atoms with Gasteiger partial charge < -0.3 is 11.1 Å². The molecular weight excluding hydrogens is 243 g/mol. The highest BCUT2D eigenvalue weighted by molar-refractivity contribution is 6.32. The molecule has 1 rings (SSSR count). The molecule has 90 valence electrons. The van der Waals surface area contributed by atoms with Crippen molar-refractivity contribution in [2.45, 2.75) is 19.1 Å². The molecule has 0 aromatic carbocycles. The van der Waals surface area contributed by atoms with Crippen molar-refractivity contribution in [1.29, 1.82) is 0 Å². The maximum Gasteiger partial charge on any atom is 0.417 e. The molecule has 0 spiro atoms. The van der Waals surface area contributed by atoms with Crippen LogP contribution in [0.1, 0.15) is 12.5 Å². The minimum Gasteiger partial charge on any atom is -0.367 e. The monoisotopic (exact) mass is 253 g/mol. The Hall–Kier alpha value is -1.01. The lowest BCUT2D eigenvalue weighted by atomic mass is 10.2. The number of anilines is 1. The van der Waals surface area contributed by atoms with Gasteiger partial charge in [-0.05, 0) is 13.0 Å². The highest BCUT2D eigenvalue weighted by Gasteiger charge is 2.31. The second-order valence-electron chi connectivity index (χ2n) is 3.41. The van der Waals surface area contributed by atoms with Gasteiger partial charge in [-0.3, -0.25) is 0 Å². The molecule has 1 heterocycles. The lowest BCUT2D eigenvalue weighted by Gasteiger charge is -2.11. The molecule has 0 saturated carbocycles. The lowest BCUT2D eigenvalue weighted by molar-refractivity contribution is -0.137. The Morgan fingerprint density at radius 3 is 2.62 bits per heavy atom. The first-order valence-electron chi connectivity index (χ1n) is 4.53. The summed E-state index contributed by atoms with van der Waals surface area (Å²) in [7, 11) is 0. The predicted octanol–water partition coefficient (Wildman–Crippen LogP) is 2.51. The quantitative estimate of drug-likeness (QED) is 0.870. The van der Waals surface area contributed by atoms with Gasteiger partial charge in [-0.1, -0.05) is 11.6 Å². The number of aromatic nitrogens is 1. The summed E-state index contributed by atoms with van der Waals surface area (Å²) in [6, 6.07) is 0.693. The van der Waals surface area contributed by atoms with Gasteiger partial charge >= 0.3 is 6.18 Å². The van der Waals surface area contributed by atoms with Crippen molar-refractivity contribution < 1.29 is 13.2 Å². The minimum absolute atomic E-state index is 0.0736. The summed E-state index contributed by atoms with van der Waals surface area (Å²) in [4.78, 5) is 3.60. The second-order valence-corrected chi connectivity index (χ2v) is 3.82. The van der Waals surface area contributed by atoms with Crippen LogP contribution in [0.25, 0.3) is 0 Å². The fourth-order valence-electron chi connectivity index (χ4n) is 0.981. The molecule has 0 radical (unpaired) electrons. The van der Waals surface area contributed by atoms with Gasteiger partial charge in [0.1, 0.15) is 5.82 Å². The van der Waals surface area contributed by atoms with Crippen LogP contribution in [0.3, 0.4) is 0 Å². The van der Waals surface area contributed by atoms with Crippen LogP contribution in [0.4, 0.5) is 19.0 Å². The van der Waals surface area contributed by atoms with Crippen molar-refractivity contribution in [1.82, 2.24) is 4.98 Å². The fourth-order valence-corrected chi connectivity index (χ4v) is 1.21. The highest BCUT2D eigenvalue weighted by atomic mass is 35.5. The number of hydrogen-bond acceptors (Lipinski definition) is 3. The molecule has 0 aliphatic rings. The van der Waals surface area contributed by atoms with Crippen molar-refractivity contribution >= 4 is 17.4 Å². The first-order chi connectivity index (χ1) is 7.30. The van der Waals surface area contributed by atoms with Crippen molar-refractivity contribution in [2.75, 3.05) is 11.9 Å². The van der Waals surface area contributed by atoms with E-state index < -0.39 is 11.7 Å². The number of nitrogens with two attached hydrogens (primary N) is 1. The normalized spacial score (nSPS) is 13.6. The first kappa shape index (κ1) is 13.1. The number of halogens is 4. The van der Waals surface area contributed by atoms with Crippen LogP contribution in [0.15, 0.2) is 12.3 Å². The molecule has 0 aliphatic heterocycles. The van der Waals surface area contributed by atoms with Crippen LogP contribution < -0.4 is 11.1 Å². The van der Waals surface area contributed by atoms with Gasteiger partial charge in [-0.25, -0.2) is 4.98 Å². The predicted molar refractivity (Wildman–Crippen MR) is 56.4 cm³/mol. The van der Waals surface area contributed by atoms with Crippen LogP contribution in [0.2, 0.25) is 5.02 Å². The molecule has 1 atom stereocenters. The van der Waals surface area contributed by atoms with E-state index in [0.717, 1.165) is 12.3 Å². The van der Waals surface area contributed by atoms with Gasteiger partial charge in [0.25, 0.3) is 0 Å². The average Bonchev–Trinajstić information content (AvgIpc) is 2.14. The molecule has 0 amide bonds. The van der Waals surface area contributed by atoms with E-state index in [9.17, 15) is 13.2 Å². The molecule has 0 fully saturated rings. The number of nitrogens with zero attached hydrogens (tertiary/aromatic N) is 1. The number of hydrogen-bond donors (Lipinski definition) is 2. The maximum atomic E-state index is 12.3. The summed E-state index contributed by atoms with van der Waals surface area (Å²) in [5, 5.41) is 2.68. The van der Waals surface area contributed by atoms with Gasteiger partial charge in [0, 0.05) is 18.8 Å². The van der Waals surface area contributed by atoms with Gasteiger partial charge in [0.15, 0.2) is 0 Å². The Bertz CT molecular complexity index is 366. The fraction of sp³-hybridized carbons (Fsp3) is 0.444. The van der Waals surface area contributed by atoms with E-state index in [4.69, 9.17) is 17.3 Å². The third kappa shape index (κ3) is 3.53. The topological polar surface area (TPSA) is 50.9 Å². The third-order valence-electron chi connectivity index (χ3n) is 1.76. The molecule has 1 unspecified atom stereocenters. The van der Waals surface area contributed by atoms with Gasteiger partial charge in [-0.15, -0.1) is 0 Å². The Morgan fingerprint density at radius 2 is 2.19 bits per heavy atom. The summed E-state index contributed by atoms with van der Waals surface area (Å²) < 4.78 is 36.8. The molecule has 16 heavy (non-hydrogen) atoms. The lowest BCUT2D eigenvalue weighted by Crippen LogP contribution is -2.25. The van der Waals surface area contributed by atoms with Crippen molar-refractivity contribution in [3.63, 3.8) is 0 Å². The zero-order chi connectivity index (χ0) is 12.3. The number of alkyl halides is 3. The van der Waals surface area contributed by atoms with E-state index in [1.807, 2.05) is 0 Å². The minimum atomic E-state index is -4.43. The highest BCUT2D eigenvalue weighted by Crippen LogP contribution is 2.32. The Morgan fingerprint density at radius 1 is 1.56 bits per heavy atom. The van der Waals surface area contributed by atoms with Crippen LogP contribution in [-0.2, 0) is 6.18 Å². The van der Waals surface area contributed by atoms with Crippen LogP contribution in [-0.4, -0.2) is 17.6 Å². The van der Waals surface area contributed by atoms with E-state index in [0.29, 0.717) is 6.54 Å². The van der Waals surface area contributed by atoms with Crippen LogP contribution in [0, 0.1) is 0 Å². The summed E-state index contributed by atoms with van der Waals surface area (Å²) in [6.45, 7) is 2.14. The van der Waals surface area contributed by atoms with Gasteiger partial charge in [-0.2, -0.15) is 13.2 Å². The third-order valence-corrected chi connectivity index (χ3v) is 2.05. The largest absolute Gasteiger partial charge is 0.417 e. The second kappa shape index (κ2) is 4.88. The van der Waals surface area contributed by atoms with Crippen molar-refractivity contribution in [2.24, 2.45) is 5.73 Å². The standard InChI is InChI=1S/C9H11ClF3N3/c1-5(14)3-15-8-7(10)2-6(4-16-8)9(11,12)13/h2,4-5H,3,14H2,1H3,(H,15,16). The van der Waals surface area contributed by atoms with Crippen LogP contribution in [0.5, 0.6) is 0 Å². The van der Waals surface area contributed by atoms with Gasteiger partial charge in [0.05, 0.1) is 10.6 Å². The molecule has 1 aromatic heterocycles. The molecule has 3 nitrogen and oxygen atoms in total. The zero-order valence-corrected chi connectivity index (χ0v) is 9.23. The van der Waals surface area contributed by atoms with Gasteiger partial charge in [0.2, 0.25) is 0 Å². The molecule has 7 heteroatoms. The smallest absolute Gasteiger partial charge is 0.367 e. The first-order valence-corrected chi connectivity index (χ1v) is 4.90. The van der Waals surface area contributed by atoms with E-state index in [-0.39, 0.29) is 16.9 Å². The number of nitrogens with one attached hydrogen (secondary N) is 1. The molecule has 0 bridgehead atoms. The summed E-state index contributed by atoms with van der Waals surface area (Å²) in [5.74, 6) is 0.201. The van der Waals surface area contributed by atoms with E-state index in [1.165, 1.54) is 0 Å². The number of rotatable bonds is 3. The zero-order valence-electron chi connectivity index (χ0n) is 8.48. The number of pyridine rings is 1. The average molecular weight is 254 g/mol. The van der Waals surface area contributed by atoms with Crippen molar-refractivity contribution in [3.05, 3.63) is 22.8 Å². The van der Waals surface area contributed by atoms with E-state index >= 15 is 0 Å². The Balaban J connectivity index is 2.84. The van der Waals surface area contributed by atoms with E-state index in [2.05, 4.69) is 10.3 Å².